The van der Waals surface area contributed by atoms with E-state index in [0.29, 0.717) is 0 Å². The monoisotopic (exact) mass is 280 g/mol. The van der Waals surface area contributed by atoms with Crippen LogP contribution < -0.4 is 0 Å². The van der Waals surface area contributed by atoms with Crippen LogP contribution in [0.3, 0.4) is 0 Å². The van der Waals surface area contributed by atoms with Crippen molar-refractivity contribution < 1.29 is 14.6 Å². The fraction of sp³-hybridized carbons (Fsp3) is 0.222. The molecule has 2 aliphatic heterocycles. The molecule has 0 radical (unpaired) electrons. The first-order valence-corrected chi connectivity index (χ1v) is 7.06. The van der Waals surface area contributed by atoms with Gasteiger partial charge in [0.15, 0.2) is 0 Å². The number of aliphatic hydroxyl groups excluding tert-OH is 1. The van der Waals surface area contributed by atoms with Crippen molar-refractivity contribution in [2.45, 2.75) is 11.9 Å². The maximum Gasteiger partial charge on any atom is 0.215 e. The van der Waals surface area contributed by atoms with Crippen LogP contribution in [-0.4, -0.2) is 18.0 Å². The Kier molecular flexibility index (Phi) is 2.67. The molecule has 0 unspecified atom stereocenters. The van der Waals surface area contributed by atoms with Crippen LogP contribution in [0.4, 0.5) is 0 Å². The van der Waals surface area contributed by atoms with Crippen molar-refractivity contribution in [3.8, 4) is 0 Å². The quantitative estimate of drug-likeness (QED) is 0.939. The molecule has 2 heterocycles. The third kappa shape index (κ3) is 1.45. The largest absolute Gasteiger partial charge is 0.472 e. The zero-order valence-electron chi connectivity index (χ0n) is 11.5. The maximum atomic E-state index is 10.1. The molecular formula is C18H16O3. The fourth-order valence-corrected chi connectivity index (χ4v) is 3.48. The number of hydrogen-bond acceptors (Lipinski definition) is 3. The first kappa shape index (κ1) is 12.6. The third-order valence-electron chi connectivity index (χ3n) is 4.55. The molecule has 2 aromatic carbocycles. The summed E-state index contributed by atoms with van der Waals surface area (Å²) in [6.45, 7) is -0.0298. The molecule has 21 heavy (non-hydrogen) atoms. The minimum atomic E-state index is -0.706. The molecule has 1 fully saturated rings. The van der Waals surface area contributed by atoms with Crippen LogP contribution in [0.25, 0.3) is 0 Å². The van der Waals surface area contributed by atoms with Crippen molar-refractivity contribution >= 4 is 0 Å². The molecule has 0 bridgehead atoms. The number of rotatable bonds is 3. The third-order valence-corrected chi connectivity index (χ3v) is 4.55. The molecular weight excluding hydrogens is 264 g/mol. The Morgan fingerprint density at radius 1 is 0.905 bits per heavy atom. The van der Waals surface area contributed by atoms with E-state index < -0.39 is 17.3 Å². The van der Waals surface area contributed by atoms with E-state index in [0.717, 1.165) is 11.1 Å². The smallest absolute Gasteiger partial charge is 0.215 e. The maximum absolute atomic E-state index is 10.1. The van der Waals surface area contributed by atoms with Crippen LogP contribution in [0.2, 0.25) is 0 Å². The Balaban J connectivity index is 1.95. The fourth-order valence-electron chi connectivity index (χ4n) is 3.48. The summed E-state index contributed by atoms with van der Waals surface area (Å²) < 4.78 is 11.7. The lowest BCUT2D eigenvalue weighted by Gasteiger charge is -2.58. The highest BCUT2D eigenvalue weighted by Crippen LogP contribution is 2.63. The van der Waals surface area contributed by atoms with E-state index >= 15 is 0 Å². The van der Waals surface area contributed by atoms with E-state index in [9.17, 15) is 5.11 Å². The van der Waals surface area contributed by atoms with Crippen molar-refractivity contribution in [3.63, 3.8) is 0 Å². The first-order valence-electron chi connectivity index (χ1n) is 7.06. The highest BCUT2D eigenvalue weighted by molar-refractivity contribution is 5.46. The van der Waals surface area contributed by atoms with Crippen LogP contribution in [0, 0.1) is 5.41 Å². The van der Waals surface area contributed by atoms with Crippen molar-refractivity contribution in [1.82, 2.24) is 0 Å². The Morgan fingerprint density at radius 3 is 1.95 bits per heavy atom. The summed E-state index contributed by atoms with van der Waals surface area (Å²) in [4.78, 5) is 0. The zero-order chi connectivity index (χ0) is 14.3. The summed E-state index contributed by atoms with van der Waals surface area (Å²) in [5, 5.41) is 10.1. The van der Waals surface area contributed by atoms with E-state index in [1.807, 2.05) is 66.7 Å². The summed E-state index contributed by atoms with van der Waals surface area (Å²) in [5.41, 5.74) is 0.769. The van der Waals surface area contributed by atoms with E-state index in [1.54, 1.807) is 6.26 Å². The predicted molar refractivity (Wildman–Crippen MR) is 78.3 cm³/mol. The van der Waals surface area contributed by atoms with Gasteiger partial charge < -0.3 is 14.6 Å². The molecule has 3 nitrogen and oxygen atoms in total. The Morgan fingerprint density at radius 2 is 1.48 bits per heavy atom. The zero-order valence-corrected chi connectivity index (χ0v) is 11.5. The van der Waals surface area contributed by atoms with Gasteiger partial charge in [-0.15, -0.1) is 0 Å². The molecule has 1 N–H and O–H groups in total. The minimum Gasteiger partial charge on any atom is -0.472 e. The number of benzene rings is 2. The second-order valence-corrected chi connectivity index (χ2v) is 5.50. The molecule has 2 aromatic rings. The van der Waals surface area contributed by atoms with Gasteiger partial charge in [0.05, 0.1) is 12.9 Å². The molecule has 4 rings (SSSR count). The minimum absolute atomic E-state index is 0.0298. The number of aliphatic hydroxyl groups is 1. The molecule has 0 aromatic heterocycles. The highest BCUT2D eigenvalue weighted by atomic mass is 16.7. The summed E-state index contributed by atoms with van der Waals surface area (Å²) in [7, 11) is 0. The second-order valence-electron chi connectivity index (χ2n) is 5.50. The number of hydrogen-bond donors (Lipinski definition) is 1. The lowest BCUT2D eigenvalue weighted by molar-refractivity contribution is -0.360. The Labute approximate surface area is 123 Å². The van der Waals surface area contributed by atoms with Gasteiger partial charge in [0.1, 0.15) is 11.0 Å². The SMILES string of the molecule is OC[C@@]12C=CO[C@H]1OC2(c1ccccc1)c1ccccc1. The normalized spacial score (nSPS) is 28.5. The van der Waals surface area contributed by atoms with E-state index in [-0.39, 0.29) is 6.61 Å². The topological polar surface area (TPSA) is 38.7 Å². The Bertz CT molecular complexity index is 626. The molecule has 106 valence electrons. The van der Waals surface area contributed by atoms with E-state index in [1.165, 1.54) is 0 Å². The van der Waals surface area contributed by atoms with Crippen LogP contribution in [0.5, 0.6) is 0 Å². The van der Waals surface area contributed by atoms with E-state index in [2.05, 4.69) is 0 Å². The molecule has 3 heteroatoms. The van der Waals surface area contributed by atoms with Crippen LogP contribution in [0.15, 0.2) is 73.0 Å². The summed E-state index contributed by atoms with van der Waals surface area (Å²) in [6, 6.07) is 20.0. The first-order chi connectivity index (χ1) is 10.3. The van der Waals surface area contributed by atoms with Crippen molar-refractivity contribution in [2.75, 3.05) is 6.61 Å². The second kappa shape index (κ2) is 4.45. The van der Waals surface area contributed by atoms with Crippen molar-refractivity contribution in [2.24, 2.45) is 5.41 Å². The summed E-state index contributed by atoms with van der Waals surface area (Å²) in [5.74, 6) is 0. The molecule has 2 atom stereocenters. The van der Waals surface area contributed by atoms with Gasteiger partial charge in [0, 0.05) is 0 Å². The van der Waals surface area contributed by atoms with Crippen molar-refractivity contribution in [1.29, 1.82) is 0 Å². The lowest BCUT2D eigenvalue weighted by atomic mass is 9.61. The average Bonchev–Trinajstić information content (AvgIpc) is 2.88. The van der Waals surface area contributed by atoms with Crippen molar-refractivity contribution in [3.05, 3.63) is 84.1 Å². The van der Waals surface area contributed by atoms with Crippen LogP contribution in [-0.2, 0) is 15.1 Å². The predicted octanol–water partition coefficient (Wildman–Crippen LogP) is 2.81. The standard InChI is InChI=1S/C18H16O3/c19-13-17-11-12-20-16(17)21-18(17,14-7-3-1-4-8-14)15-9-5-2-6-10-15/h1-12,16,19H,13H2/t16-,17-/m0/s1. The van der Waals surface area contributed by atoms with Gasteiger partial charge >= 0.3 is 0 Å². The molecule has 2 aliphatic rings. The molecule has 0 aliphatic carbocycles. The molecule has 0 spiro atoms. The number of ether oxygens (including phenoxy) is 2. The van der Waals surface area contributed by atoms with E-state index in [4.69, 9.17) is 9.47 Å². The van der Waals surface area contributed by atoms with Gasteiger partial charge in [-0.05, 0) is 17.2 Å². The molecule has 1 saturated heterocycles. The lowest BCUT2D eigenvalue weighted by Crippen LogP contribution is -2.67. The molecule has 0 saturated carbocycles. The van der Waals surface area contributed by atoms with Crippen LogP contribution in [0.1, 0.15) is 11.1 Å². The summed E-state index contributed by atoms with van der Waals surface area (Å²) in [6.07, 6.45) is 3.14. The van der Waals surface area contributed by atoms with Crippen LogP contribution >= 0.6 is 0 Å². The van der Waals surface area contributed by atoms with Gasteiger partial charge in [0.25, 0.3) is 0 Å². The molecule has 0 amide bonds. The average molecular weight is 280 g/mol. The van der Waals surface area contributed by atoms with Gasteiger partial charge in [-0.25, -0.2) is 0 Å². The summed E-state index contributed by atoms with van der Waals surface area (Å²) >= 11 is 0. The van der Waals surface area contributed by atoms with Gasteiger partial charge in [-0.1, -0.05) is 60.7 Å². The Hall–Kier alpha value is -2.10. The van der Waals surface area contributed by atoms with Gasteiger partial charge in [0.2, 0.25) is 6.29 Å². The number of fused-ring (bicyclic) bond motifs is 1. The van der Waals surface area contributed by atoms with Gasteiger partial charge in [-0.2, -0.15) is 0 Å². The van der Waals surface area contributed by atoms with Gasteiger partial charge in [-0.3, -0.25) is 0 Å². The highest BCUT2D eigenvalue weighted by Gasteiger charge is 2.70.